The van der Waals surface area contributed by atoms with Crippen LogP contribution in [-0.2, 0) is 0 Å². The molecule has 1 heterocycles. The Bertz CT molecular complexity index is 542. The topological polar surface area (TPSA) is 58.0 Å². The minimum atomic E-state index is 0.720. The smallest absolute Gasteiger partial charge is 0.212 e. The summed E-state index contributed by atoms with van der Waals surface area (Å²) < 4.78 is 6.86. The maximum Gasteiger partial charge on any atom is 0.212 e. The number of hydrogen-bond acceptors (Lipinski definition) is 5. The lowest BCUT2D eigenvalue weighted by molar-refractivity contribution is 0.309. The Hall–Kier alpha value is -1.56. The molecule has 2 rings (SSSR count). The lowest BCUT2D eigenvalue weighted by Crippen LogP contribution is -2.30. The molecule has 0 aliphatic carbocycles. The summed E-state index contributed by atoms with van der Waals surface area (Å²) in [6.45, 7) is 6.48. The molecule has 0 saturated carbocycles. The summed E-state index contributed by atoms with van der Waals surface area (Å²) in [6.07, 6.45) is 2.16. The lowest BCUT2D eigenvalue weighted by Gasteiger charge is -2.12. The zero-order chi connectivity index (χ0) is 15.1. The molecule has 1 aliphatic heterocycles. The van der Waals surface area contributed by atoms with Crippen LogP contribution in [0.25, 0.3) is 0 Å². The van der Waals surface area contributed by atoms with Crippen molar-refractivity contribution in [2.75, 3.05) is 19.7 Å². The van der Waals surface area contributed by atoms with E-state index in [4.69, 9.17) is 4.74 Å². The van der Waals surface area contributed by atoms with Crippen molar-refractivity contribution in [3.05, 3.63) is 28.2 Å². The summed E-state index contributed by atoms with van der Waals surface area (Å²) in [5.74, 6) is 1.58. The van der Waals surface area contributed by atoms with Crippen molar-refractivity contribution in [2.24, 2.45) is 10.1 Å². The van der Waals surface area contributed by atoms with Crippen LogP contribution in [0.15, 0.2) is 32.8 Å². The van der Waals surface area contributed by atoms with E-state index in [1.54, 1.807) is 0 Å². The average molecular weight is 353 g/mol. The van der Waals surface area contributed by atoms with E-state index in [2.05, 4.69) is 43.7 Å². The minimum absolute atomic E-state index is 0.720. The molecular weight excluding hydrogens is 332 g/mol. The number of nitrogens with one attached hydrogen (secondary N) is 2. The molecule has 0 amide bonds. The molecular formula is C15H21BrN4O. The first-order chi connectivity index (χ1) is 10.2. The predicted octanol–water partition coefficient (Wildman–Crippen LogP) is 2.90. The number of aliphatic imine (C=N–C) groups is 1. The zero-order valence-electron chi connectivity index (χ0n) is 12.4. The van der Waals surface area contributed by atoms with Gasteiger partial charge in [-0.1, -0.05) is 29.3 Å². The van der Waals surface area contributed by atoms with Crippen LogP contribution in [0.1, 0.15) is 32.3 Å². The van der Waals surface area contributed by atoms with Gasteiger partial charge in [0.05, 0.1) is 18.9 Å². The number of ether oxygens (including phenoxy) is 1. The SMILES string of the molecule is CCCCOc1ccc(Br)cc1/C(C)=N/NC1=NCCN1. The monoisotopic (exact) mass is 352 g/mol. The molecule has 0 radical (unpaired) electrons. The number of rotatable bonds is 6. The molecule has 1 aromatic carbocycles. The van der Waals surface area contributed by atoms with Gasteiger partial charge in [0, 0.05) is 16.6 Å². The zero-order valence-corrected chi connectivity index (χ0v) is 14.0. The third-order valence-corrected chi connectivity index (χ3v) is 3.58. The number of hydrogen-bond donors (Lipinski definition) is 2. The fourth-order valence-corrected chi connectivity index (χ4v) is 2.27. The highest BCUT2D eigenvalue weighted by atomic mass is 79.9. The fraction of sp³-hybridized carbons (Fsp3) is 0.467. The van der Waals surface area contributed by atoms with Gasteiger partial charge >= 0.3 is 0 Å². The molecule has 1 aromatic rings. The molecule has 0 fully saturated rings. The third-order valence-electron chi connectivity index (χ3n) is 3.09. The van der Waals surface area contributed by atoms with Gasteiger partial charge in [-0.25, -0.2) is 10.4 Å². The molecule has 0 spiro atoms. The van der Waals surface area contributed by atoms with Gasteiger partial charge in [-0.05, 0) is 31.5 Å². The molecule has 2 N–H and O–H groups in total. The molecule has 6 heteroatoms. The number of hydrazone groups is 1. The predicted molar refractivity (Wildman–Crippen MR) is 90.2 cm³/mol. The second kappa shape index (κ2) is 8.02. The van der Waals surface area contributed by atoms with Crippen molar-refractivity contribution in [3.8, 4) is 5.75 Å². The summed E-state index contributed by atoms with van der Waals surface area (Å²) in [6, 6.07) is 5.97. The third kappa shape index (κ3) is 4.74. The Labute approximate surface area is 134 Å². The fourth-order valence-electron chi connectivity index (χ4n) is 1.91. The van der Waals surface area contributed by atoms with Crippen LogP contribution >= 0.6 is 15.9 Å². The summed E-state index contributed by atoms with van der Waals surface area (Å²) in [4.78, 5) is 4.25. The normalized spacial score (nSPS) is 14.6. The van der Waals surface area contributed by atoms with Crippen LogP contribution in [-0.4, -0.2) is 31.4 Å². The Kier molecular flexibility index (Phi) is 6.04. The average Bonchev–Trinajstić information content (AvgIpc) is 3.00. The number of halogens is 1. The second-order valence-electron chi connectivity index (χ2n) is 4.81. The molecule has 0 unspecified atom stereocenters. The Balaban J connectivity index is 2.11. The maximum atomic E-state index is 5.85. The summed E-state index contributed by atoms with van der Waals surface area (Å²) in [7, 11) is 0. The van der Waals surface area contributed by atoms with Crippen molar-refractivity contribution >= 4 is 27.6 Å². The number of guanidine groups is 1. The molecule has 0 aromatic heterocycles. The first-order valence-corrected chi connectivity index (χ1v) is 8.01. The molecule has 21 heavy (non-hydrogen) atoms. The molecule has 1 aliphatic rings. The highest BCUT2D eigenvalue weighted by molar-refractivity contribution is 9.10. The number of unbranched alkanes of at least 4 members (excludes halogenated alkanes) is 1. The van der Waals surface area contributed by atoms with Crippen molar-refractivity contribution in [1.29, 1.82) is 0 Å². The van der Waals surface area contributed by atoms with Crippen molar-refractivity contribution in [1.82, 2.24) is 10.7 Å². The highest BCUT2D eigenvalue weighted by Crippen LogP contribution is 2.24. The number of nitrogens with zero attached hydrogens (tertiary/aromatic N) is 2. The van der Waals surface area contributed by atoms with Crippen molar-refractivity contribution in [3.63, 3.8) is 0 Å². The minimum Gasteiger partial charge on any atom is -0.493 e. The van der Waals surface area contributed by atoms with E-state index in [-0.39, 0.29) is 0 Å². The Morgan fingerprint density at radius 2 is 2.38 bits per heavy atom. The van der Waals surface area contributed by atoms with Gasteiger partial charge in [-0.15, -0.1) is 0 Å². The largest absolute Gasteiger partial charge is 0.493 e. The van der Waals surface area contributed by atoms with Crippen LogP contribution < -0.4 is 15.5 Å². The van der Waals surface area contributed by atoms with E-state index < -0.39 is 0 Å². The van der Waals surface area contributed by atoms with E-state index in [1.165, 1.54) is 0 Å². The number of benzene rings is 1. The molecule has 0 atom stereocenters. The quantitative estimate of drug-likeness (QED) is 0.470. The van der Waals surface area contributed by atoms with E-state index >= 15 is 0 Å². The van der Waals surface area contributed by atoms with Gasteiger partial charge in [0.2, 0.25) is 5.96 Å². The van der Waals surface area contributed by atoms with Crippen molar-refractivity contribution < 1.29 is 4.74 Å². The van der Waals surface area contributed by atoms with Gasteiger partial charge in [0.15, 0.2) is 0 Å². The standard InChI is InChI=1S/C15H21BrN4O/c1-3-4-9-21-14-6-5-12(16)10-13(14)11(2)19-20-15-17-7-8-18-15/h5-6,10H,3-4,7-9H2,1-2H3,(H2,17,18,20)/b19-11+. The highest BCUT2D eigenvalue weighted by Gasteiger charge is 2.09. The first kappa shape index (κ1) is 15.8. The van der Waals surface area contributed by atoms with Gasteiger partial charge in [-0.3, -0.25) is 0 Å². The Morgan fingerprint density at radius 3 is 3.10 bits per heavy atom. The van der Waals surface area contributed by atoms with E-state index in [1.807, 2.05) is 25.1 Å². The summed E-state index contributed by atoms with van der Waals surface area (Å²) in [5.41, 5.74) is 4.79. The van der Waals surface area contributed by atoms with Gasteiger partial charge < -0.3 is 10.1 Å². The van der Waals surface area contributed by atoms with Gasteiger partial charge in [0.25, 0.3) is 0 Å². The van der Waals surface area contributed by atoms with E-state index in [9.17, 15) is 0 Å². The summed E-state index contributed by atoms with van der Waals surface area (Å²) >= 11 is 3.50. The first-order valence-electron chi connectivity index (χ1n) is 7.22. The Morgan fingerprint density at radius 1 is 1.52 bits per heavy atom. The molecule has 0 bridgehead atoms. The van der Waals surface area contributed by atoms with Crippen LogP contribution in [0.2, 0.25) is 0 Å². The molecule has 114 valence electrons. The molecule has 0 saturated heterocycles. The van der Waals surface area contributed by atoms with Crippen LogP contribution in [0, 0.1) is 0 Å². The maximum absolute atomic E-state index is 5.85. The second-order valence-corrected chi connectivity index (χ2v) is 5.72. The molecule has 5 nitrogen and oxygen atoms in total. The lowest BCUT2D eigenvalue weighted by atomic mass is 10.1. The van der Waals surface area contributed by atoms with Gasteiger partial charge in [-0.2, -0.15) is 5.10 Å². The van der Waals surface area contributed by atoms with Crippen LogP contribution in [0.3, 0.4) is 0 Å². The van der Waals surface area contributed by atoms with Gasteiger partial charge in [0.1, 0.15) is 5.75 Å². The van der Waals surface area contributed by atoms with Crippen LogP contribution in [0.4, 0.5) is 0 Å². The van der Waals surface area contributed by atoms with Crippen molar-refractivity contribution in [2.45, 2.75) is 26.7 Å². The van der Waals surface area contributed by atoms with Crippen LogP contribution in [0.5, 0.6) is 5.75 Å². The summed E-state index contributed by atoms with van der Waals surface area (Å²) in [5, 5.41) is 7.50. The van der Waals surface area contributed by atoms with E-state index in [0.717, 1.165) is 60.0 Å². The van der Waals surface area contributed by atoms with E-state index in [0.29, 0.717) is 0 Å².